The molecule has 1 atom stereocenters. The number of ether oxygens (including phenoxy) is 1. The summed E-state index contributed by atoms with van der Waals surface area (Å²) in [7, 11) is 0. The average Bonchev–Trinajstić information content (AvgIpc) is 2.05. The van der Waals surface area contributed by atoms with Crippen molar-refractivity contribution >= 4 is 11.1 Å². The van der Waals surface area contributed by atoms with Crippen molar-refractivity contribution in [2.75, 3.05) is 19.0 Å². The van der Waals surface area contributed by atoms with Crippen molar-refractivity contribution < 1.29 is 43.1 Å². The van der Waals surface area contributed by atoms with Crippen LogP contribution in [0.4, 0.5) is 0 Å². The molecular formula is C8H15NaO3S. The molecular weight excluding hydrogens is 199 g/mol. The van der Waals surface area contributed by atoms with E-state index in [0.717, 1.165) is 38.9 Å². The van der Waals surface area contributed by atoms with Gasteiger partial charge in [0.2, 0.25) is 0 Å². The van der Waals surface area contributed by atoms with Gasteiger partial charge in [-0.1, -0.05) is 11.1 Å². The minimum atomic E-state index is -1.85. The largest absolute Gasteiger partial charge is 1.00 e. The van der Waals surface area contributed by atoms with Crippen LogP contribution in [-0.4, -0.2) is 27.7 Å². The molecule has 0 aromatic carbocycles. The van der Waals surface area contributed by atoms with E-state index >= 15 is 0 Å². The Kier molecular flexibility index (Phi) is 9.07. The smallest absolute Gasteiger partial charge is 0.772 e. The van der Waals surface area contributed by atoms with Crippen molar-refractivity contribution in [3.8, 4) is 0 Å². The van der Waals surface area contributed by atoms with Crippen molar-refractivity contribution in [3.63, 3.8) is 0 Å². The van der Waals surface area contributed by atoms with E-state index < -0.39 is 11.1 Å². The summed E-state index contributed by atoms with van der Waals surface area (Å²) in [4.78, 5) is 0. The van der Waals surface area contributed by atoms with Crippen LogP contribution in [0.15, 0.2) is 0 Å². The summed E-state index contributed by atoms with van der Waals surface area (Å²) in [6.07, 6.45) is 4.05. The van der Waals surface area contributed by atoms with Crippen molar-refractivity contribution in [3.05, 3.63) is 0 Å². The Labute approximate surface area is 104 Å². The Morgan fingerprint density at radius 3 is 2.54 bits per heavy atom. The minimum Gasteiger partial charge on any atom is -0.772 e. The Morgan fingerprint density at radius 2 is 2.00 bits per heavy atom. The molecule has 3 nitrogen and oxygen atoms in total. The maximum Gasteiger partial charge on any atom is 1.00 e. The molecule has 0 aromatic rings. The van der Waals surface area contributed by atoms with Gasteiger partial charge < -0.3 is 9.29 Å². The van der Waals surface area contributed by atoms with E-state index in [1.54, 1.807) is 0 Å². The maximum atomic E-state index is 10.2. The minimum absolute atomic E-state index is 0. The van der Waals surface area contributed by atoms with Crippen molar-refractivity contribution in [2.24, 2.45) is 5.92 Å². The zero-order chi connectivity index (χ0) is 8.81. The molecule has 0 amide bonds. The van der Waals surface area contributed by atoms with E-state index in [9.17, 15) is 8.76 Å². The molecule has 0 saturated carbocycles. The van der Waals surface area contributed by atoms with E-state index in [0.29, 0.717) is 11.7 Å². The summed E-state index contributed by atoms with van der Waals surface area (Å²) in [6.45, 7) is 1.70. The second-order valence-electron chi connectivity index (χ2n) is 3.21. The van der Waals surface area contributed by atoms with Crippen LogP contribution >= 0.6 is 0 Å². The van der Waals surface area contributed by atoms with Gasteiger partial charge in [-0.15, -0.1) is 0 Å². The first-order valence-electron chi connectivity index (χ1n) is 4.42. The topological polar surface area (TPSA) is 49.4 Å². The van der Waals surface area contributed by atoms with Gasteiger partial charge in [0.1, 0.15) is 0 Å². The molecule has 5 heteroatoms. The van der Waals surface area contributed by atoms with Gasteiger partial charge in [0.05, 0.1) is 0 Å². The number of hydrogen-bond donors (Lipinski definition) is 0. The third kappa shape index (κ3) is 7.05. The van der Waals surface area contributed by atoms with Crippen LogP contribution in [0, 0.1) is 5.92 Å². The second-order valence-corrected chi connectivity index (χ2v) is 4.22. The molecule has 1 unspecified atom stereocenters. The Morgan fingerprint density at radius 1 is 1.38 bits per heavy atom. The summed E-state index contributed by atoms with van der Waals surface area (Å²) in [5, 5.41) is 0. The van der Waals surface area contributed by atoms with Gasteiger partial charge in [0.15, 0.2) is 0 Å². The average molecular weight is 214 g/mol. The monoisotopic (exact) mass is 214 g/mol. The number of hydrogen-bond acceptors (Lipinski definition) is 3. The Balaban J connectivity index is 0.00000144. The van der Waals surface area contributed by atoms with Crippen molar-refractivity contribution in [1.82, 2.24) is 0 Å². The predicted molar refractivity (Wildman–Crippen MR) is 46.6 cm³/mol. The van der Waals surface area contributed by atoms with E-state index in [4.69, 9.17) is 4.74 Å². The normalized spacial score (nSPS) is 20.7. The first-order valence-corrected chi connectivity index (χ1v) is 5.67. The SMILES string of the molecule is O=S([O-])CCCC1CCOCC1.[Na+]. The van der Waals surface area contributed by atoms with Crippen molar-refractivity contribution in [1.29, 1.82) is 0 Å². The predicted octanol–water partition coefficient (Wildman–Crippen LogP) is -1.92. The molecule has 0 N–H and O–H groups in total. The van der Waals surface area contributed by atoms with Crippen molar-refractivity contribution in [2.45, 2.75) is 25.7 Å². The fourth-order valence-electron chi connectivity index (χ4n) is 1.52. The molecule has 72 valence electrons. The third-order valence-electron chi connectivity index (χ3n) is 2.26. The van der Waals surface area contributed by atoms with Gasteiger partial charge in [-0.05, 0) is 31.6 Å². The maximum absolute atomic E-state index is 10.2. The summed E-state index contributed by atoms with van der Waals surface area (Å²) in [5.41, 5.74) is 0. The first-order chi connectivity index (χ1) is 5.79. The van der Waals surface area contributed by atoms with Gasteiger partial charge in [-0.2, -0.15) is 0 Å². The molecule has 0 aliphatic carbocycles. The van der Waals surface area contributed by atoms with E-state index in [1.807, 2.05) is 0 Å². The van der Waals surface area contributed by atoms with E-state index in [-0.39, 0.29) is 29.6 Å². The van der Waals surface area contributed by atoms with Crippen LogP contribution in [0.1, 0.15) is 25.7 Å². The summed E-state index contributed by atoms with van der Waals surface area (Å²) in [5.74, 6) is 1.01. The molecule has 13 heavy (non-hydrogen) atoms. The molecule has 1 saturated heterocycles. The van der Waals surface area contributed by atoms with Gasteiger partial charge in [-0.25, -0.2) is 0 Å². The fourth-order valence-corrected chi connectivity index (χ4v) is 1.93. The Hall–Kier alpha value is 1.07. The summed E-state index contributed by atoms with van der Waals surface area (Å²) in [6, 6.07) is 0. The molecule has 0 bridgehead atoms. The first kappa shape index (κ1) is 14.1. The molecule has 1 rings (SSSR count). The quantitative estimate of drug-likeness (QED) is 0.405. The molecule has 1 aliphatic heterocycles. The van der Waals surface area contributed by atoms with E-state index in [2.05, 4.69) is 0 Å². The van der Waals surface area contributed by atoms with Crippen LogP contribution in [-0.2, 0) is 15.8 Å². The third-order valence-corrected chi connectivity index (χ3v) is 2.89. The molecule has 0 aromatic heterocycles. The van der Waals surface area contributed by atoms with Gasteiger partial charge in [0, 0.05) is 19.0 Å². The Bertz CT molecular complexity index is 148. The van der Waals surface area contributed by atoms with Crippen LogP contribution in [0.25, 0.3) is 0 Å². The second kappa shape index (κ2) is 8.38. The van der Waals surface area contributed by atoms with Crippen LogP contribution in [0.3, 0.4) is 0 Å². The molecule has 0 radical (unpaired) electrons. The van der Waals surface area contributed by atoms with Crippen LogP contribution in [0.5, 0.6) is 0 Å². The zero-order valence-electron chi connectivity index (χ0n) is 8.16. The zero-order valence-corrected chi connectivity index (χ0v) is 11.0. The van der Waals surface area contributed by atoms with Gasteiger partial charge >= 0.3 is 29.6 Å². The standard InChI is InChI=1S/C8H16O3S.Na/c9-12(10)7-1-2-8-3-5-11-6-4-8;/h8H,1-7H2,(H,9,10);/q;+1/p-1. The summed E-state index contributed by atoms with van der Waals surface area (Å²) >= 11 is -1.85. The summed E-state index contributed by atoms with van der Waals surface area (Å²) < 4.78 is 25.6. The van der Waals surface area contributed by atoms with Gasteiger partial charge in [-0.3, -0.25) is 4.21 Å². The molecule has 0 spiro atoms. The molecule has 1 fully saturated rings. The van der Waals surface area contributed by atoms with E-state index in [1.165, 1.54) is 0 Å². The van der Waals surface area contributed by atoms with Crippen LogP contribution in [0.2, 0.25) is 0 Å². The fraction of sp³-hybridized carbons (Fsp3) is 1.00. The van der Waals surface area contributed by atoms with Crippen LogP contribution < -0.4 is 29.6 Å². The number of rotatable bonds is 4. The van der Waals surface area contributed by atoms with Gasteiger partial charge in [0.25, 0.3) is 0 Å². The molecule has 1 heterocycles. The molecule has 1 aliphatic rings.